The Labute approximate surface area is 128 Å². The number of nitriles is 1. The summed E-state index contributed by atoms with van der Waals surface area (Å²) >= 11 is 1.63. The summed E-state index contributed by atoms with van der Waals surface area (Å²) in [7, 11) is 1.83. The van der Waals surface area contributed by atoms with E-state index in [2.05, 4.69) is 45.9 Å². The Bertz CT molecular complexity index is 633. The minimum absolute atomic E-state index is 0.0756. The van der Waals surface area contributed by atoms with E-state index in [1.807, 2.05) is 13.1 Å². The number of aryl methyl sites for hydroxylation is 1. The topological polar surface area (TPSA) is 67.4 Å². The van der Waals surface area contributed by atoms with Crippen molar-refractivity contribution in [2.75, 3.05) is 0 Å². The maximum Gasteiger partial charge on any atom is 0.209 e. The molecule has 0 spiro atoms. The lowest BCUT2D eigenvalue weighted by atomic mass is 9.79. The number of hydrogen-bond acceptors (Lipinski definition) is 5. The minimum Gasteiger partial charge on any atom is -0.224 e. The Hall–Kier alpha value is -1.87. The van der Waals surface area contributed by atoms with Gasteiger partial charge in [-0.1, -0.05) is 42.1 Å². The van der Waals surface area contributed by atoms with E-state index >= 15 is 0 Å². The SMILES string of the molecule is Cn1nnnc1SC1CC(c2ccccc2)CCC1C#N. The molecule has 0 bridgehead atoms. The number of hydrogen-bond donors (Lipinski definition) is 0. The van der Waals surface area contributed by atoms with Crippen LogP contribution in [0.25, 0.3) is 0 Å². The van der Waals surface area contributed by atoms with Crippen molar-refractivity contribution in [2.45, 2.75) is 35.6 Å². The fraction of sp³-hybridized carbons (Fsp3) is 0.467. The van der Waals surface area contributed by atoms with Gasteiger partial charge >= 0.3 is 0 Å². The van der Waals surface area contributed by atoms with Gasteiger partial charge in [-0.3, -0.25) is 0 Å². The Morgan fingerprint density at radius 2 is 2.10 bits per heavy atom. The van der Waals surface area contributed by atoms with Crippen molar-refractivity contribution in [3.05, 3.63) is 35.9 Å². The predicted octanol–water partition coefficient (Wildman–Crippen LogP) is 2.78. The van der Waals surface area contributed by atoms with E-state index < -0.39 is 0 Å². The molecule has 0 amide bonds. The largest absolute Gasteiger partial charge is 0.224 e. The van der Waals surface area contributed by atoms with E-state index in [0.29, 0.717) is 5.92 Å². The highest BCUT2D eigenvalue weighted by molar-refractivity contribution is 7.99. The molecule has 1 aromatic heterocycles. The van der Waals surface area contributed by atoms with Crippen LogP contribution in [0.1, 0.15) is 30.7 Å². The van der Waals surface area contributed by atoms with Crippen molar-refractivity contribution < 1.29 is 0 Å². The number of tetrazole rings is 1. The first-order valence-corrected chi connectivity index (χ1v) is 7.99. The van der Waals surface area contributed by atoms with Gasteiger partial charge in [-0.05, 0) is 41.2 Å². The maximum absolute atomic E-state index is 9.39. The van der Waals surface area contributed by atoms with Crippen LogP contribution in [0.4, 0.5) is 0 Å². The summed E-state index contributed by atoms with van der Waals surface area (Å²) < 4.78 is 1.67. The molecule has 1 aliphatic carbocycles. The summed E-state index contributed by atoms with van der Waals surface area (Å²) in [4.78, 5) is 0. The highest BCUT2D eigenvalue weighted by Gasteiger charge is 2.33. The molecule has 1 saturated carbocycles. The van der Waals surface area contributed by atoms with Crippen molar-refractivity contribution in [1.29, 1.82) is 5.26 Å². The van der Waals surface area contributed by atoms with E-state index in [9.17, 15) is 5.26 Å². The van der Waals surface area contributed by atoms with Gasteiger partial charge < -0.3 is 0 Å². The third-order valence-corrected chi connectivity index (χ3v) is 5.45. The molecule has 0 radical (unpaired) electrons. The first-order chi connectivity index (χ1) is 10.3. The Balaban J connectivity index is 1.76. The smallest absolute Gasteiger partial charge is 0.209 e. The summed E-state index contributed by atoms with van der Waals surface area (Å²) in [6, 6.07) is 13.0. The van der Waals surface area contributed by atoms with E-state index in [0.717, 1.165) is 24.4 Å². The average Bonchev–Trinajstić information content (AvgIpc) is 2.93. The molecule has 5 nitrogen and oxygen atoms in total. The molecule has 2 aromatic rings. The molecule has 0 aliphatic heterocycles. The van der Waals surface area contributed by atoms with Crippen LogP contribution in [-0.4, -0.2) is 25.5 Å². The molecule has 0 saturated heterocycles. The summed E-state index contributed by atoms with van der Waals surface area (Å²) in [6.45, 7) is 0. The first kappa shape index (κ1) is 14.1. The Morgan fingerprint density at radius 3 is 2.76 bits per heavy atom. The summed E-state index contributed by atoms with van der Waals surface area (Å²) in [5, 5.41) is 22.0. The van der Waals surface area contributed by atoms with Gasteiger partial charge in [0.25, 0.3) is 0 Å². The summed E-state index contributed by atoms with van der Waals surface area (Å²) in [5.41, 5.74) is 1.37. The summed E-state index contributed by atoms with van der Waals surface area (Å²) in [5.74, 6) is 0.598. The van der Waals surface area contributed by atoms with E-state index in [4.69, 9.17) is 0 Å². The van der Waals surface area contributed by atoms with Crippen molar-refractivity contribution in [1.82, 2.24) is 20.2 Å². The van der Waals surface area contributed by atoms with E-state index in [1.165, 1.54) is 5.56 Å². The van der Waals surface area contributed by atoms with Crippen LogP contribution in [0.3, 0.4) is 0 Å². The van der Waals surface area contributed by atoms with Crippen LogP contribution in [0.2, 0.25) is 0 Å². The molecule has 3 atom stereocenters. The van der Waals surface area contributed by atoms with Crippen LogP contribution >= 0.6 is 11.8 Å². The molecule has 21 heavy (non-hydrogen) atoms. The minimum atomic E-state index is 0.0756. The quantitative estimate of drug-likeness (QED) is 0.871. The molecule has 108 valence electrons. The molecule has 6 heteroatoms. The van der Waals surface area contributed by atoms with Gasteiger partial charge in [0.1, 0.15) is 0 Å². The first-order valence-electron chi connectivity index (χ1n) is 7.11. The van der Waals surface area contributed by atoms with Crippen molar-refractivity contribution in [3.63, 3.8) is 0 Å². The van der Waals surface area contributed by atoms with Gasteiger partial charge in [-0.25, -0.2) is 4.68 Å². The number of benzene rings is 1. The fourth-order valence-electron chi connectivity index (χ4n) is 2.89. The van der Waals surface area contributed by atoms with Crippen LogP contribution in [-0.2, 0) is 7.05 Å². The Kier molecular flexibility index (Phi) is 4.20. The molecular weight excluding hydrogens is 282 g/mol. The third-order valence-electron chi connectivity index (χ3n) is 4.07. The second-order valence-corrected chi connectivity index (χ2v) is 6.60. The van der Waals surface area contributed by atoms with Crippen LogP contribution < -0.4 is 0 Å². The lowest BCUT2D eigenvalue weighted by Crippen LogP contribution is -2.25. The second-order valence-electron chi connectivity index (χ2n) is 5.40. The Morgan fingerprint density at radius 1 is 1.29 bits per heavy atom. The second kappa shape index (κ2) is 6.27. The zero-order valence-electron chi connectivity index (χ0n) is 11.9. The van der Waals surface area contributed by atoms with E-state index in [1.54, 1.807) is 16.4 Å². The molecule has 3 rings (SSSR count). The molecule has 1 aromatic carbocycles. The predicted molar refractivity (Wildman–Crippen MR) is 80.6 cm³/mol. The zero-order chi connectivity index (χ0) is 14.7. The average molecular weight is 299 g/mol. The number of thioether (sulfide) groups is 1. The van der Waals surface area contributed by atoms with Gasteiger partial charge in [0, 0.05) is 12.3 Å². The highest BCUT2D eigenvalue weighted by atomic mass is 32.2. The molecule has 3 unspecified atom stereocenters. The molecule has 0 N–H and O–H groups in total. The zero-order valence-corrected chi connectivity index (χ0v) is 12.7. The van der Waals surface area contributed by atoms with Crippen LogP contribution in [0.5, 0.6) is 0 Å². The number of aromatic nitrogens is 4. The normalized spacial score (nSPS) is 25.4. The summed E-state index contributed by atoms with van der Waals surface area (Å²) in [6.07, 6.45) is 3.02. The van der Waals surface area contributed by atoms with E-state index in [-0.39, 0.29) is 11.2 Å². The fourth-order valence-corrected chi connectivity index (χ4v) is 4.12. The van der Waals surface area contributed by atoms with Gasteiger partial charge in [0.05, 0.1) is 12.0 Å². The van der Waals surface area contributed by atoms with Crippen molar-refractivity contribution >= 4 is 11.8 Å². The van der Waals surface area contributed by atoms with Crippen LogP contribution in [0, 0.1) is 17.2 Å². The lowest BCUT2D eigenvalue weighted by Gasteiger charge is -2.32. The van der Waals surface area contributed by atoms with Gasteiger partial charge in [-0.15, -0.1) is 5.10 Å². The molecule has 1 aliphatic rings. The third kappa shape index (κ3) is 3.08. The maximum atomic E-state index is 9.39. The molecular formula is C15H17N5S. The van der Waals surface area contributed by atoms with Crippen molar-refractivity contribution in [3.8, 4) is 6.07 Å². The van der Waals surface area contributed by atoms with Gasteiger partial charge in [0.15, 0.2) is 0 Å². The number of rotatable bonds is 3. The standard InChI is InChI=1S/C15H17N5S/c1-20-15(17-18-19-20)21-14-9-12(7-8-13(14)10-16)11-5-3-2-4-6-11/h2-6,12-14H,7-9H2,1H3. The van der Waals surface area contributed by atoms with Crippen molar-refractivity contribution in [2.24, 2.45) is 13.0 Å². The number of nitrogens with zero attached hydrogens (tertiary/aromatic N) is 5. The lowest BCUT2D eigenvalue weighted by molar-refractivity contribution is 0.392. The van der Waals surface area contributed by atoms with Crippen LogP contribution in [0.15, 0.2) is 35.5 Å². The van der Waals surface area contributed by atoms with Gasteiger partial charge in [-0.2, -0.15) is 5.26 Å². The molecule has 1 fully saturated rings. The monoisotopic (exact) mass is 299 g/mol. The molecule has 1 heterocycles. The van der Waals surface area contributed by atoms with Gasteiger partial charge in [0.2, 0.25) is 5.16 Å². The highest BCUT2D eigenvalue weighted by Crippen LogP contribution is 2.42.